The van der Waals surface area contributed by atoms with Crippen molar-refractivity contribution in [3.05, 3.63) is 52.2 Å². The van der Waals surface area contributed by atoms with Crippen molar-refractivity contribution >= 4 is 34.9 Å². The Bertz CT molecular complexity index is 879. The second-order valence-electron chi connectivity index (χ2n) is 6.65. The summed E-state index contributed by atoms with van der Waals surface area (Å²) in [6.07, 6.45) is 2.31. The monoisotopic (exact) mass is 369 g/mol. The summed E-state index contributed by atoms with van der Waals surface area (Å²) in [6, 6.07) is 9.49. The van der Waals surface area contributed by atoms with Crippen molar-refractivity contribution < 1.29 is 14.4 Å². The molecule has 0 radical (unpaired) electrons. The van der Waals surface area contributed by atoms with Crippen molar-refractivity contribution in [3.8, 4) is 0 Å². The molecule has 1 spiro atoms. The van der Waals surface area contributed by atoms with Crippen molar-refractivity contribution in [2.24, 2.45) is 0 Å². The van der Waals surface area contributed by atoms with Crippen LogP contribution in [0.25, 0.3) is 0 Å². The summed E-state index contributed by atoms with van der Waals surface area (Å²) in [7, 11) is 0. The van der Waals surface area contributed by atoms with E-state index >= 15 is 0 Å². The summed E-state index contributed by atoms with van der Waals surface area (Å²) < 4.78 is 0. The Labute approximate surface area is 155 Å². The summed E-state index contributed by atoms with van der Waals surface area (Å²) in [5.41, 5.74) is 0.487. The van der Waals surface area contributed by atoms with Crippen LogP contribution in [-0.2, 0) is 21.5 Å². The molecule has 1 aliphatic heterocycles. The Morgan fingerprint density at radius 2 is 2.04 bits per heavy atom. The minimum Gasteiger partial charge on any atom is -0.324 e. The van der Waals surface area contributed by atoms with Gasteiger partial charge in [0.05, 0.1) is 0 Å². The zero-order chi connectivity index (χ0) is 18.3. The molecule has 0 saturated carbocycles. The molecule has 7 heteroatoms. The fourth-order valence-electron chi connectivity index (χ4n) is 3.75. The van der Waals surface area contributed by atoms with Crippen molar-refractivity contribution in [1.29, 1.82) is 0 Å². The molecule has 2 aromatic rings. The Kier molecular flexibility index (Phi) is 4.03. The number of carbonyl (C=O) groups excluding carboxylic acids is 3. The lowest BCUT2D eigenvalue weighted by Gasteiger charge is -2.31. The molecule has 1 aromatic carbocycles. The van der Waals surface area contributed by atoms with E-state index in [2.05, 4.69) is 10.6 Å². The Morgan fingerprint density at radius 3 is 2.81 bits per heavy atom. The Balaban J connectivity index is 1.60. The lowest BCUT2D eigenvalue weighted by Crippen LogP contribution is -2.49. The van der Waals surface area contributed by atoms with E-state index in [-0.39, 0.29) is 5.91 Å². The van der Waals surface area contributed by atoms with E-state index < -0.39 is 23.5 Å². The lowest BCUT2D eigenvalue weighted by molar-refractivity contribution is -0.137. The number of fused-ring (bicyclic) bond motifs is 2. The van der Waals surface area contributed by atoms with E-state index in [1.165, 1.54) is 0 Å². The number of imide groups is 1. The molecule has 2 aliphatic rings. The third-order valence-electron chi connectivity index (χ3n) is 5.09. The number of nitrogens with one attached hydrogen (secondary N) is 2. The zero-order valence-electron chi connectivity index (χ0n) is 14.3. The molecule has 26 heavy (non-hydrogen) atoms. The van der Waals surface area contributed by atoms with E-state index in [4.69, 9.17) is 0 Å². The number of para-hydroxylation sites is 1. The van der Waals surface area contributed by atoms with E-state index in [9.17, 15) is 14.4 Å². The molecule has 2 atom stereocenters. The summed E-state index contributed by atoms with van der Waals surface area (Å²) in [5.74, 6) is -0.726. The average Bonchev–Trinajstić information content (AvgIpc) is 3.20. The maximum Gasteiger partial charge on any atom is 0.326 e. The number of urea groups is 1. The van der Waals surface area contributed by atoms with Crippen LogP contribution in [0.1, 0.15) is 30.2 Å². The third kappa shape index (κ3) is 2.50. The maximum atomic E-state index is 13.2. The molecule has 1 fully saturated rings. The van der Waals surface area contributed by atoms with E-state index in [0.717, 1.165) is 28.2 Å². The highest BCUT2D eigenvalue weighted by atomic mass is 32.1. The van der Waals surface area contributed by atoms with Crippen LogP contribution in [0, 0.1) is 0 Å². The number of thiophene rings is 1. The van der Waals surface area contributed by atoms with E-state index in [1.54, 1.807) is 30.4 Å². The first-order chi connectivity index (χ1) is 12.5. The number of amides is 4. The molecule has 6 nitrogen and oxygen atoms in total. The highest BCUT2D eigenvalue weighted by Crippen LogP contribution is 2.42. The van der Waals surface area contributed by atoms with Gasteiger partial charge in [0, 0.05) is 16.1 Å². The zero-order valence-corrected chi connectivity index (χ0v) is 15.1. The molecule has 4 rings (SSSR count). The van der Waals surface area contributed by atoms with Crippen LogP contribution in [0.3, 0.4) is 0 Å². The maximum absolute atomic E-state index is 13.2. The fourth-order valence-corrected chi connectivity index (χ4v) is 4.75. The van der Waals surface area contributed by atoms with Crippen molar-refractivity contribution in [1.82, 2.24) is 10.2 Å². The topological polar surface area (TPSA) is 78.5 Å². The van der Waals surface area contributed by atoms with Crippen LogP contribution in [0.5, 0.6) is 0 Å². The van der Waals surface area contributed by atoms with Gasteiger partial charge in [-0.05, 0) is 49.8 Å². The fraction of sp³-hybridized carbons (Fsp3) is 0.316. The third-order valence-corrected chi connectivity index (χ3v) is 6.07. The van der Waals surface area contributed by atoms with E-state index in [1.807, 2.05) is 29.6 Å². The smallest absolute Gasteiger partial charge is 0.324 e. The largest absolute Gasteiger partial charge is 0.326 e. The van der Waals surface area contributed by atoms with Crippen LogP contribution in [0.2, 0.25) is 0 Å². The van der Waals surface area contributed by atoms with Crippen LogP contribution in [0.4, 0.5) is 10.5 Å². The SMILES string of the molecule is CC(C(=O)Nc1ccccc1)N1C(=O)NC2(CCCc3sccc32)C1=O. The predicted molar refractivity (Wildman–Crippen MR) is 98.8 cm³/mol. The molecule has 2 N–H and O–H groups in total. The molecule has 0 bridgehead atoms. The summed E-state index contributed by atoms with van der Waals surface area (Å²) in [4.78, 5) is 40.6. The number of aryl methyl sites for hydroxylation is 1. The standard InChI is InChI=1S/C19H19N3O3S/c1-12(16(23)20-13-6-3-2-4-7-13)22-17(24)19(21-18(22)25)10-5-8-15-14(19)9-11-26-15/h2-4,6-7,9,11-12H,5,8,10H2,1H3,(H,20,23)(H,21,25). The number of hydrogen-bond donors (Lipinski definition) is 2. The summed E-state index contributed by atoms with van der Waals surface area (Å²) >= 11 is 1.61. The van der Waals surface area contributed by atoms with Crippen molar-refractivity contribution in [2.75, 3.05) is 5.32 Å². The second-order valence-corrected chi connectivity index (χ2v) is 7.65. The van der Waals surface area contributed by atoms with Gasteiger partial charge in [-0.3, -0.25) is 9.59 Å². The summed E-state index contributed by atoms with van der Waals surface area (Å²) in [5, 5.41) is 7.58. The number of rotatable bonds is 3. The second kappa shape index (κ2) is 6.25. The first-order valence-corrected chi connectivity index (χ1v) is 9.49. The Hall–Kier alpha value is -2.67. The normalized spacial score (nSPS) is 22.9. The highest BCUT2D eigenvalue weighted by Gasteiger charge is 2.56. The van der Waals surface area contributed by atoms with Crippen LogP contribution in [-0.4, -0.2) is 28.8 Å². The number of carbonyl (C=O) groups is 3. The molecule has 2 unspecified atom stereocenters. The number of benzene rings is 1. The highest BCUT2D eigenvalue weighted by molar-refractivity contribution is 7.10. The van der Waals surface area contributed by atoms with Crippen molar-refractivity contribution in [2.45, 2.75) is 37.8 Å². The van der Waals surface area contributed by atoms with Crippen LogP contribution < -0.4 is 10.6 Å². The molecular formula is C19H19N3O3S. The van der Waals surface area contributed by atoms with Gasteiger partial charge in [-0.25, -0.2) is 9.69 Å². The molecule has 134 valence electrons. The van der Waals surface area contributed by atoms with Gasteiger partial charge in [-0.1, -0.05) is 18.2 Å². The number of hydrogen-bond acceptors (Lipinski definition) is 4. The van der Waals surface area contributed by atoms with Crippen LogP contribution >= 0.6 is 11.3 Å². The molecular weight excluding hydrogens is 350 g/mol. The first kappa shape index (κ1) is 16.8. The molecule has 1 aromatic heterocycles. The van der Waals surface area contributed by atoms with Gasteiger partial charge in [0.15, 0.2) is 0 Å². The molecule has 1 saturated heterocycles. The van der Waals surface area contributed by atoms with Gasteiger partial charge in [-0.15, -0.1) is 11.3 Å². The number of anilines is 1. The van der Waals surface area contributed by atoms with Gasteiger partial charge in [0.2, 0.25) is 5.91 Å². The quantitative estimate of drug-likeness (QED) is 0.817. The minimum absolute atomic E-state index is 0.336. The van der Waals surface area contributed by atoms with Crippen LogP contribution in [0.15, 0.2) is 41.8 Å². The average molecular weight is 369 g/mol. The van der Waals surface area contributed by atoms with Gasteiger partial charge in [0.25, 0.3) is 5.91 Å². The number of nitrogens with zero attached hydrogens (tertiary/aromatic N) is 1. The molecule has 1 aliphatic carbocycles. The van der Waals surface area contributed by atoms with Gasteiger partial charge in [0.1, 0.15) is 11.6 Å². The van der Waals surface area contributed by atoms with Gasteiger partial charge >= 0.3 is 6.03 Å². The van der Waals surface area contributed by atoms with Gasteiger partial charge < -0.3 is 10.6 Å². The van der Waals surface area contributed by atoms with E-state index in [0.29, 0.717) is 12.1 Å². The Morgan fingerprint density at radius 1 is 1.27 bits per heavy atom. The van der Waals surface area contributed by atoms with Gasteiger partial charge in [-0.2, -0.15) is 0 Å². The predicted octanol–water partition coefficient (Wildman–Crippen LogP) is 2.86. The molecule has 4 amide bonds. The minimum atomic E-state index is -1.02. The van der Waals surface area contributed by atoms with Crippen molar-refractivity contribution in [3.63, 3.8) is 0 Å². The lowest BCUT2D eigenvalue weighted by atomic mass is 9.80. The first-order valence-electron chi connectivity index (χ1n) is 8.61. The molecule has 2 heterocycles. The summed E-state index contributed by atoms with van der Waals surface area (Å²) in [6.45, 7) is 1.58.